The van der Waals surface area contributed by atoms with Crippen molar-refractivity contribution in [2.45, 2.75) is 109 Å². The van der Waals surface area contributed by atoms with Gasteiger partial charge in [0.25, 0.3) is 0 Å². The number of nitrogens with two attached hydrogens (primary N) is 1. The third kappa shape index (κ3) is 14.4. The van der Waals surface area contributed by atoms with Gasteiger partial charge in [0.2, 0.25) is 0 Å². The van der Waals surface area contributed by atoms with E-state index < -0.39 is 5.97 Å². The van der Waals surface area contributed by atoms with Crippen molar-refractivity contribution in [1.29, 1.82) is 0 Å². The van der Waals surface area contributed by atoms with Crippen molar-refractivity contribution < 1.29 is 14.6 Å². The molecular weight excluding hydrogens is 350 g/mol. The molecule has 160 valence electrons. The van der Waals surface area contributed by atoms with Gasteiger partial charge in [-0.2, -0.15) is 0 Å². The van der Waals surface area contributed by atoms with Gasteiger partial charge in [0.05, 0.1) is 6.10 Å². The summed E-state index contributed by atoms with van der Waals surface area (Å²) in [6.45, 7) is 2.13. The number of carboxylic acid groups (broad SMARTS) is 1. The molecule has 4 heteroatoms. The molecule has 0 aromatic heterocycles. The van der Waals surface area contributed by atoms with Crippen LogP contribution in [-0.2, 0) is 4.79 Å². The number of unbranched alkanes of at least 4 members (excludes halogenated alkanes) is 12. The molecule has 0 spiro atoms. The number of hydrogen-bond acceptors (Lipinski definition) is 3. The van der Waals surface area contributed by atoms with E-state index in [2.05, 4.69) is 6.92 Å². The van der Waals surface area contributed by atoms with Crippen molar-refractivity contribution in [1.82, 2.24) is 0 Å². The van der Waals surface area contributed by atoms with Gasteiger partial charge in [0.1, 0.15) is 5.75 Å². The highest BCUT2D eigenvalue weighted by molar-refractivity contribution is 5.66. The maximum absolute atomic E-state index is 10.4. The van der Waals surface area contributed by atoms with Crippen LogP contribution in [0.5, 0.6) is 5.75 Å². The Morgan fingerprint density at radius 1 is 0.893 bits per heavy atom. The van der Waals surface area contributed by atoms with Crippen molar-refractivity contribution in [3.05, 3.63) is 24.3 Å². The monoisotopic (exact) mass is 391 g/mol. The van der Waals surface area contributed by atoms with Crippen LogP contribution in [0.1, 0.15) is 103 Å². The Labute approximate surface area is 171 Å². The Morgan fingerprint density at radius 2 is 1.39 bits per heavy atom. The van der Waals surface area contributed by atoms with Crippen LogP contribution in [0.4, 0.5) is 5.69 Å². The van der Waals surface area contributed by atoms with Gasteiger partial charge in [-0.25, -0.2) is 0 Å². The smallest absolute Gasteiger partial charge is 0.303 e. The van der Waals surface area contributed by atoms with Crippen molar-refractivity contribution in [2.24, 2.45) is 0 Å². The number of carbonyl (C=O) groups is 1. The van der Waals surface area contributed by atoms with Gasteiger partial charge in [0.15, 0.2) is 0 Å². The first-order valence-corrected chi connectivity index (χ1v) is 11.3. The fourth-order valence-corrected chi connectivity index (χ4v) is 3.53. The van der Waals surface area contributed by atoms with Gasteiger partial charge in [-0.1, -0.05) is 76.7 Å². The minimum Gasteiger partial charge on any atom is -0.491 e. The highest BCUT2D eigenvalue weighted by Crippen LogP contribution is 2.18. The second kappa shape index (κ2) is 16.3. The Balaban J connectivity index is 1.81. The fourth-order valence-electron chi connectivity index (χ4n) is 3.53. The molecule has 1 atom stereocenters. The van der Waals surface area contributed by atoms with Crippen LogP contribution in [0.2, 0.25) is 0 Å². The van der Waals surface area contributed by atoms with Crippen LogP contribution >= 0.6 is 0 Å². The van der Waals surface area contributed by atoms with E-state index in [-0.39, 0.29) is 6.10 Å². The van der Waals surface area contributed by atoms with E-state index in [0.29, 0.717) is 6.42 Å². The van der Waals surface area contributed by atoms with Crippen LogP contribution in [0.3, 0.4) is 0 Å². The predicted octanol–water partition coefficient (Wildman–Crippen LogP) is 6.97. The summed E-state index contributed by atoms with van der Waals surface area (Å²) in [5, 5.41) is 8.58. The first kappa shape index (κ1) is 24.3. The third-order valence-corrected chi connectivity index (χ3v) is 5.20. The summed E-state index contributed by atoms with van der Waals surface area (Å²) < 4.78 is 5.91. The Bertz CT molecular complexity index is 518. The topological polar surface area (TPSA) is 72.5 Å². The minimum atomic E-state index is -0.666. The molecule has 0 heterocycles. The molecule has 0 radical (unpaired) electrons. The molecule has 1 rings (SSSR count). The highest BCUT2D eigenvalue weighted by atomic mass is 16.5. The van der Waals surface area contributed by atoms with Crippen LogP contribution in [0.25, 0.3) is 0 Å². The fraction of sp³-hybridized carbons (Fsp3) is 0.708. The number of aliphatic carboxylic acids is 1. The molecule has 1 aromatic rings. The molecule has 0 saturated heterocycles. The summed E-state index contributed by atoms with van der Waals surface area (Å²) >= 11 is 0. The van der Waals surface area contributed by atoms with Gasteiger partial charge in [-0.15, -0.1) is 0 Å². The number of ether oxygens (including phenoxy) is 1. The van der Waals surface area contributed by atoms with Crippen LogP contribution < -0.4 is 10.5 Å². The second-order valence-electron chi connectivity index (χ2n) is 8.03. The molecule has 1 unspecified atom stereocenters. The molecule has 0 saturated carbocycles. The number of nitrogen functional groups attached to an aromatic ring is 1. The van der Waals surface area contributed by atoms with E-state index in [9.17, 15) is 4.79 Å². The van der Waals surface area contributed by atoms with E-state index in [1.807, 2.05) is 24.3 Å². The maximum atomic E-state index is 10.4. The molecule has 0 aliphatic heterocycles. The van der Waals surface area contributed by atoms with E-state index in [1.54, 1.807) is 0 Å². The molecule has 3 N–H and O–H groups in total. The van der Waals surface area contributed by atoms with Crippen LogP contribution in [0, 0.1) is 0 Å². The third-order valence-electron chi connectivity index (χ3n) is 5.20. The summed E-state index contributed by atoms with van der Waals surface area (Å²) in [6, 6.07) is 7.66. The lowest BCUT2D eigenvalue weighted by atomic mass is 10.0. The molecule has 4 nitrogen and oxygen atoms in total. The number of hydrogen-bond donors (Lipinski definition) is 2. The number of carboxylic acids is 1. The minimum absolute atomic E-state index is 0.242. The standard InChI is InChI=1S/C24H41NO3/c1-21(28-23-18-15-17-22(25)20-23)16-13-11-9-7-5-3-2-4-6-8-10-12-14-19-24(26)27/h15,17-18,20-21H,2-14,16,19,25H2,1H3,(H,26,27). The first-order valence-electron chi connectivity index (χ1n) is 11.3. The zero-order valence-electron chi connectivity index (χ0n) is 17.8. The summed E-state index contributed by atoms with van der Waals surface area (Å²) in [5.74, 6) is 0.202. The van der Waals surface area contributed by atoms with Crippen LogP contribution in [-0.4, -0.2) is 17.2 Å². The molecule has 0 fully saturated rings. The number of anilines is 1. The van der Waals surface area contributed by atoms with Gasteiger partial charge in [-0.3, -0.25) is 4.79 Å². The largest absolute Gasteiger partial charge is 0.491 e. The average molecular weight is 392 g/mol. The van der Waals surface area contributed by atoms with Gasteiger partial charge >= 0.3 is 5.97 Å². The lowest BCUT2D eigenvalue weighted by Crippen LogP contribution is -2.11. The Hall–Kier alpha value is -1.71. The highest BCUT2D eigenvalue weighted by Gasteiger charge is 2.04. The van der Waals surface area contributed by atoms with Crippen molar-refractivity contribution >= 4 is 11.7 Å². The van der Waals surface area contributed by atoms with E-state index in [1.165, 1.54) is 70.6 Å². The van der Waals surface area contributed by atoms with E-state index in [4.69, 9.17) is 15.6 Å². The second-order valence-corrected chi connectivity index (χ2v) is 8.03. The number of benzene rings is 1. The van der Waals surface area contributed by atoms with Crippen molar-refractivity contribution in [3.63, 3.8) is 0 Å². The molecule has 0 amide bonds. The Kier molecular flexibility index (Phi) is 14.1. The lowest BCUT2D eigenvalue weighted by molar-refractivity contribution is -0.137. The molecule has 0 aliphatic carbocycles. The molecule has 0 bridgehead atoms. The van der Waals surface area contributed by atoms with Crippen molar-refractivity contribution in [3.8, 4) is 5.75 Å². The van der Waals surface area contributed by atoms with Crippen molar-refractivity contribution in [2.75, 3.05) is 5.73 Å². The normalized spacial score (nSPS) is 12.0. The number of rotatable bonds is 18. The summed E-state index contributed by atoms with van der Waals surface area (Å²) in [7, 11) is 0. The SMILES string of the molecule is CC(CCCCCCCCCCCCCCCC(=O)O)Oc1cccc(N)c1. The molecule has 0 aliphatic rings. The zero-order valence-corrected chi connectivity index (χ0v) is 17.8. The lowest BCUT2D eigenvalue weighted by Gasteiger charge is -2.14. The summed E-state index contributed by atoms with van der Waals surface area (Å²) in [6.07, 6.45) is 17.9. The maximum Gasteiger partial charge on any atom is 0.303 e. The predicted molar refractivity (Wildman–Crippen MR) is 118 cm³/mol. The zero-order chi connectivity index (χ0) is 20.5. The quantitative estimate of drug-likeness (QED) is 0.209. The summed E-state index contributed by atoms with van der Waals surface area (Å²) in [5.41, 5.74) is 6.53. The van der Waals surface area contributed by atoms with E-state index >= 15 is 0 Å². The van der Waals surface area contributed by atoms with E-state index in [0.717, 1.165) is 30.7 Å². The Morgan fingerprint density at radius 3 is 1.89 bits per heavy atom. The van der Waals surface area contributed by atoms with Gasteiger partial charge in [-0.05, 0) is 38.3 Å². The molecule has 28 heavy (non-hydrogen) atoms. The van der Waals surface area contributed by atoms with Crippen LogP contribution in [0.15, 0.2) is 24.3 Å². The van der Waals surface area contributed by atoms with Gasteiger partial charge < -0.3 is 15.6 Å². The first-order chi connectivity index (χ1) is 13.6. The molecular formula is C24H41NO3. The molecule has 1 aromatic carbocycles. The average Bonchev–Trinajstić information content (AvgIpc) is 2.64. The van der Waals surface area contributed by atoms with Gasteiger partial charge in [0, 0.05) is 18.2 Å². The summed E-state index contributed by atoms with van der Waals surface area (Å²) in [4.78, 5) is 10.4.